The molecule has 0 fully saturated rings. The lowest BCUT2D eigenvalue weighted by atomic mass is 9.79. The van der Waals surface area contributed by atoms with Gasteiger partial charge in [0.25, 0.3) is 0 Å². The Kier molecular flexibility index (Phi) is 6.46. The van der Waals surface area contributed by atoms with E-state index in [4.69, 9.17) is 14.5 Å². The highest BCUT2D eigenvalue weighted by atomic mass is 16.5. The number of methoxy groups -OCH3 is 1. The molecule has 0 amide bonds. The summed E-state index contributed by atoms with van der Waals surface area (Å²) in [5, 5.41) is 0. The van der Waals surface area contributed by atoms with Gasteiger partial charge in [0, 0.05) is 35.6 Å². The highest BCUT2D eigenvalue weighted by Crippen LogP contribution is 2.45. The van der Waals surface area contributed by atoms with Crippen LogP contribution >= 0.6 is 0 Å². The predicted octanol–water partition coefficient (Wildman–Crippen LogP) is 7.66. The monoisotopic (exact) mass is 442 g/mol. The summed E-state index contributed by atoms with van der Waals surface area (Å²) < 4.78 is 11.8. The molecule has 0 N–H and O–H groups in total. The molecule has 4 nitrogen and oxygen atoms in total. The van der Waals surface area contributed by atoms with Crippen molar-refractivity contribution in [3.05, 3.63) is 77.4 Å². The first kappa shape index (κ1) is 22.9. The van der Waals surface area contributed by atoms with E-state index in [9.17, 15) is 0 Å². The molecule has 3 aromatic carbocycles. The molecular formula is C29H34N2O2. The van der Waals surface area contributed by atoms with Crippen LogP contribution in [0.15, 0.2) is 65.7 Å². The van der Waals surface area contributed by atoms with Crippen LogP contribution in [0.1, 0.15) is 56.7 Å². The van der Waals surface area contributed by atoms with Gasteiger partial charge in [-0.25, -0.2) is 0 Å². The molecular weight excluding hydrogens is 408 g/mol. The maximum Gasteiger partial charge on any atom is 0.130 e. The second-order valence-electron chi connectivity index (χ2n) is 9.43. The van der Waals surface area contributed by atoms with E-state index in [-0.39, 0.29) is 5.54 Å². The summed E-state index contributed by atoms with van der Waals surface area (Å²) in [7, 11) is 1.73. The zero-order valence-electron chi connectivity index (χ0n) is 20.6. The van der Waals surface area contributed by atoms with E-state index in [0.29, 0.717) is 5.92 Å². The normalized spacial score (nSPS) is 17.2. The maximum absolute atomic E-state index is 6.00. The molecule has 3 aromatic rings. The van der Waals surface area contributed by atoms with Crippen LogP contribution in [0.4, 0.5) is 11.4 Å². The lowest BCUT2D eigenvalue weighted by Gasteiger charge is -2.47. The first-order valence-electron chi connectivity index (χ1n) is 11.7. The summed E-state index contributed by atoms with van der Waals surface area (Å²) in [6.07, 6.45) is 3.03. The number of hydrogen-bond donors (Lipinski definition) is 0. The van der Waals surface area contributed by atoms with Crippen LogP contribution in [-0.2, 0) is 0 Å². The van der Waals surface area contributed by atoms with E-state index in [1.54, 1.807) is 7.11 Å². The number of ether oxygens (including phenoxy) is 2. The molecule has 1 aliphatic heterocycles. The maximum atomic E-state index is 6.00. The number of benzene rings is 3. The van der Waals surface area contributed by atoms with Crippen LogP contribution in [0.2, 0.25) is 0 Å². The Hall–Kier alpha value is -3.27. The molecule has 0 radical (unpaired) electrons. The summed E-state index contributed by atoms with van der Waals surface area (Å²) in [6, 6.07) is 20.3. The molecule has 0 aliphatic carbocycles. The molecule has 1 aliphatic rings. The number of nitrogens with zero attached hydrogens (tertiary/aromatic N) is 2. The minimum Gasteiger partial charge on any atom is -0.496 e. The van der Waals surface area contributed by atoms with Gasteiger partial charge in [0.2, 0.25) is 0 Å². The summed E-state index contributed by atoms with van der Waals surface area (Å²) in [5.41, 5.74) is 5.74. The van der Waals surface area contributed by atoms with Crippen molar-refractivity contribution in [3.63, 3.8) is 0 Å². The number of rotatable bonds is 6. The van der Waals surface area contributed by atoms with Crippen molar-refractivity contribution in [1.82, 2.24) is 0 Å². The Morgan fingerprint density at radius 1 is 1.06 bits per heavy atom. The lowest BCUT2D eigenvalue weighted by Crippen LogP contribution is -2.48. The fourth-order valence-electron chi connectivity index (χ4n) is 4.95. The summed E-state index contributed by atoms with van der Waals surface area (Å²) in [5.74, 6) is 2.99. The Labute approximate surface area is 197 Å². The number of aryl methyl sites for hydroxylation is 1. The second kappa shape index (κ2) is 9.30. The predicted molar refractivity (Wildman–Crippen MR) is 138 cm³/mol. The van der Waals surface area contributed by atoms with Gasteiger partial charge in [0.1, 0.15) is 17.2 Å². The Morgan fingerprint density at radius 2 is 1.79 bits per heavy atom. The van der Waals surface area contributed by atoms with E-state index in [2.05, 4.69) is 44.7 Å². The van der Waals surface area contributed by atoms with E-state index in [0.717, 1.165) is 47.0 Å². The number of para-hydroxylation sites is 1. The molecule has 1 heterocycles. The van der Waals surface area contributed by atoms with Gasteiger partial charge in [-0.2, -0.15) is 0 Å². The number of hydrogen-bond acceptors (Lipinski definition) is 4. The van der Waals surface area contributed by atoms with Crippen LogP contribution in [0.3, 0.4) is 0 Å². The van der Waals surface area contributed by atoms with Crippen molar-refractivity contribution >= 4 is 17.6 Å². The first-order valence-corrected chi connectivity index (χ1v) is 11.7. The first-order chi connectivity index (χ1) is 15.8. The molecule has 1 unspecified atom stereocenters. The third kappa shape index (κ3) is 4.75. The van der Waals surface area contributed by atoms with Crippen molar-refractivity contribution in [3.8, 4) is 17.2 Å². The SMILES string of the molecule is CCN1c2cc(OC)c(C=Nc3ccc(Oc4ccccc4C)cc3)cc2C(C)CC1(C)C. The number of fused-ring (bicyclic) bond motifs is 1. The van der Waals surface area contributed by atoms with E-state index in [1.807, 2.05) is 61.7 Å². The van der Waals surface area contributed by atoms with Crippen LogP contribution < -0.4 is 14.4 Å². The topological polar surface area (TPSA) is 34.1 Å². The van der Waals surface area contributed by atoms with Gasteiger partial charge in [-0.1, -0.05) is 25.1 Å². The van der Waals surface area contributed by atoms with E-state index < -0.39 is 0 Å². The third-order valence-corrected chi connectivity index (χ3v) is 6.56. The molecule has 4 rings (SSSR count). The quantitative estimate of drug-likeness (QED) is 0.368. The fourth-order valence-corrected chi connectivity index (χ4v) is 4.95. The minimum absolute atomic E-state index is 0.129. The third-order valence-electron chi connectivity index (χ3n) is 6.56. The standard InChI is InChI=1S/C29H34N2O2/c1-7-31-26-17-28(32-6)22(16-25(26)21(3)18-29(31,4)5)19-30-23-12-14-24(15-13-23)33-27-11-9-8-10-20(27)2/h8-17,19,21H,7,18H2,1-6H3. The minimum atomic E-state index is 0.129. The molecule has 1 atom stereocenters. The van der Waals surface area contributed by atoms with Gasteiger partial charge < -0.3 is 14.4 Å². The molecule has 33 heavy (non-hydrogen) atoms. The molecule has 0 saturated carbocycles. The van der Waals surface area contributed by atoms with Crippen LogP contribution in [0.5, 0.6) is 17.2 Å². The summed E-state index contributed by atoms with van der Waals surface area (Å²) in [6.45, 7) is 12.2. The van der Waals surface area contributed by atoms with Gasteiger partial charge in [-0.3, -0.25) is 4.99 Å². The average Bonchev–Trinajstić information content (AvgIpc) is 2.79. The van der Waals surface area contributed by atoms with Crippen LogP contribution in [0.25, 0.3) is 0 Å². The van der Waals surface area contributed by atoms with Crippen molar-refractivity contribution in [2.24, 2.45) is 4.99 Å². The van der Waals surface area contributed by atoms with Crippen molar-refractivity contribution in [1.29, 1.82) is 0 Å². The summed E-state index contributed by atoms with van der Waals surface area (Å²) >= 11 is 0. The number of anilines is 1. The average molecular weight is 443 g/mol. The zero-order valence-corrected chi connectivity index (χ0v) is 20.6. The van der Waals surface area contributed by atoms with Crippen LogP contribution in [0, 0.1) is 6.92 Å². The Bertz CT molecular complexity index is 1150. The van der Waals surface area contributed by atoms with E-state index in [1.165, 1.54) is 11.3 Å². The van der Waals surface area contributed by atoms with Gasteiger partial charge in [0.05, 0.1) is 12.8 Å². The largest absolute Gasteiger partial charge is 0.496 e. The fraction of sp³-hybridized carbons (Fsp3) is 0.345. The lowest BCUT2D eigenvalue weighted by molar-refractivity contribution is 0.377. The Morgan fingerprint density at radius 3 is 2.45 bits per heavy atom. The Balaban J connectivity index is 1.58. The van der Waals surface area contributed by atoms with E-state index >= 15 is 0 Å². The smallest absolute Gasteiger partial charge is 0.130 e. The zero-order chi connectivity index (χ0) is 23.6. The van der Waals surface area contributed by atoms with Crippen molar-refractivity contribution < 1.29 is 9.47 Å². The molecule has 0 spiro atoms. The number of aliphatic imine (C=N–C) groups is 1. The summed E-state index contributed by atoms with van der Waals surface area (Å²) in [4.78, 5) is 7.20. The second-order valence-corrected chi connectivity index (χ2v) is 9.43. The van der Waals surface area contributed by atoms with Gasteiger partial charge >= 0.3 is 0 Å². The molecule has 0 saturated heterocycles. The van der Waals surface area contributed by atoms with Gasteiger partial charge in [0.15, 0.2) is 0 Å². The van der Waals surface area contributed by atoms with Crippen molar-refractivity contribution in [2.75, 3.05) is 18.6 Å². The highest BCUT2D eigenvalue weighted by molar-refractivity contribution is 5.88. The molecule has 0 bridgehead atoms. The van der Waals surface area contributed by atoms with Gasteiger partial charge in [-0.05, 0) is 87.6 Å². The molecule has 172 valence electrons. The molecule has 4 heteroatoms. The van der Waals surface area contributed by atoms with Gasteiger partial charge in [-0.15, -0.1) is 0 Å². The molecule has 0 aromatic heterocycles. The van der Waals surface area contributed by atoms with Crippen LogP contribution in [-0.4, -0.2) is 25.4 Å². The highest BCUT2D eigenvalue weighted by Gasteiger charge is 2.36. The van der Waals surface area contributed by atoms with Crippen molar-refractivity contribution in [2.45, 2.75) is 52.5 Å².